The molecule has 0 aliphatic heterocycles. The Hall–Kier alpha value is -1.23. The van der Waals surface area contributed by atoms with E-state index in [0.29, 0.717) is 23.6 Å². The summed E-state index contributed by atoms with van der Waals surface area (Å²) in [6, 6.07) is 0.977. The Kier molecular flexibility index (Phi) is 4.11. The first-order valence-corrected chi connectivity index (χ1v) is 6.50. The fraction of sp³-hybridized carbons (Fsp3) is 0.692. The molecular weight excluding hydrogens is 231 g/mol. The number of nitrogens with zero attached hydrogens (tertiary/aromatic N) is 3. The molecule has 5 heteroatoms. The van der Waals surface area contributed by atoms with Gasteiger partial charge in [0.2, 0.25) is 0 Å². The van der Waals surface area contributed by atoms with Crippen LogP contribution in [0.4, 0.5) is 10.2 Å². The molecule has 1 heterocycles. The molecule has 2 rings (SSSR count). The summed E-state index contributed by atoms with van der Waals surface area (Å²) in [4.78, 5) is 9.92. The Morgan fingerprint density at radius 2 is 1.94 bits per heavy atom. The van der Waals surface area contributed by atoms with E-state index < -0.39 is 0 Å². The van der Waals surface area contributed by atoms with Crippen LogP contribution in [0.15, 0.2) is 6.33 Å². The predicted octanol–water partition coefficient (Wildman–Crippen LogP) is 1.89. The van der Waals surface area contributed by atoms with Gasteiger partial charge in [-0.25, -0.2) is 14.4 Å². The lowest BCUT2D eigenvalue weighted by Crippen LogP contribution is -2.40. The van der Waals surface area contributed by atoms with E-state index in [1.54, 1.807) is 6.92 Å². The van der Waals surface area contributed by atoms with Crippen molar-refractivity contribution in [3.05, 3.63) is 17.8 Å². The van der Waals surface area contributed by atoms with Gasteiger partial charge in [0.15, 0.2) is 11.6 Å². The molecule has 4 nitrogen and oxygen atoms in total. The van der Waals surface area contributed by atoms with Gasteiger partial charge in [-0.15, -0.1) is 0 Å². The zero-order valence-corrected chi connectivity index (χ0v) is 11.3. The first-order chi connectivity index (χ1) is 8.63. The predicted molar refractivity (Wildman–Crippen MR) is 70.2 cm³/mol. The Balaban J connectivity index is 2.08. The lowest BCUT2D eigenvalue weighted by Gasteiger charge is -2.35. The first kappa shape index (κ1) is 13.2. The Morgan fingerprint density at radius 3 is 2.56 bits per heavy atom. The maximum atomic E-state index is 14.0. The van der Waals surface area contributed by atoms with Gasteiger partial charge < -0.3 is 10.2 Å². The van der Waals surface area contributed by atoms with Gasteiger partial charge in [-0.3, -0.25) is 0 Å². The minimum Gasteiger partial charge on any atom is -0.354 e. The fourth-order valence-electron chi connectivity index (χ4n) is 2.62. The van der Waals surface area contributed by atoms with E-state index in [9.17, 15) is 4.39 Å². The van der Waals surface area contributed by atoms with E-state index in [1.165, 1.54) is 6.33 Å². The highest BCUT2D eigenvalue weighted by Gasteiger charge is 2.25. The molecule has 1 aromatic rings. The maximum Gasteiger partial charge on any atom is 0.186 e. The van der Waals surface area contributed by atoms with E-state index in [1.807, 2.05) is 19.0 Å². The van der Waals surface area contributed by atoms with Crippen molar-refractivity contribution < 1.29 is 4.39 Å². The summed E-state index contributed by atoms with van der Waals surface area (Å²) >= 11 is 0. The standard InChI is InChI=1S/C13H21FN4/c1-9-12(14)13(17-8-16-9)18(3)11-6-4-10(15-2)5-7-11/h8,10-11,15H,4-7H2,1-3H3. The van der Waals surface area contributed by atoms with Crippen LogP contribution in [0.3, 0.4) is 0 Å². The molecule has 1 fully saturated rings. The molecule has 1 aliphatic rings. The third-order valence-corrected chi connectivity index (χ3v) is 3.93. The summed E-state index contributed by atoms with van der Waals surface area (Å²) in [5.74, 6) is 0.131. The summed E-state index contributed by atoms with van der Waals surface area (Å²) in [5, 5.41) is 3.31. The second kappa shape index (κ2) is 5.61. The van der Waals surface area contributed by atoms with Crippen molar-refractivity contribution in [2.45, 2.75) is 44.7 Å². The molecule has 0 unspecified atom stereocenters. The summed E-state index contributed by atoms with van der Waals surface area (Å²) in [7, 11) is 3.93. The molecule has 1 aliphatic carbocycles. The number of aryl methyl sites for hydroxylation is 1. The van der Waals surface area contributed by atoms with Crippen LogP contribution in [-0.4, -0.2) is 36.1 Å². The average Bonchev–Trinajstić information content (AvgIpc) is 2.41. The van der Waals surface area contributed by atoms with Crippen LogP contribution in [-0.2, 0) is 0 Å². The van der Waals surface area contributed by atoms with Gasteiger partial charge in [-0.2, -0.15) is 0 Å². The summed E-state index contributed by atoms with van der Waals surface area (Å²) in [6.45, 7) is 1.67. The number of halogens is 1. The zero-order valence-electron chi connectivity index (χ0n) is 11.3. The Labute approximate surface area is 108 Å². The van der Waals surface area contributed by atoms with Crippen LogP contribution in [0.1, 0.15) is 31.4 Å². The minimum absolute atomic E-state index is 0.296. The van der Waals surface area contributed by atoms with Crippen LogP contribution in [0, 0.1) is 12.7 Å². The molecule has 18 heavy (non-hydrogen) atoms. The molecule has 100 valence electrons. The quantitative estimate of drug-likeness (QED) is 0.892. The second-order valence-electron chi connectivity index (χ2n) is 5.00. The topological polar surface area (TPSA) is 41.0 Å². The molecule has 0 saturated heterocycles. The first-order valence-electron chi connectivity index (χ1n) is 6.50. The largest absolute Gasteiger partial charge is 0.354 e. The van der Waals surface area contributed by atoms with Gasteiger partial charge in [-0.05, 0) is 39.7 Å². The van der Waals surface area contributed by atoms with E-state index in [-0.39, 0.29) is 5.82 Å². The monoisotopic (exact) mass is 252 g/mol. The molecular formula is C13H21FN4. The van der Waals surface area contributed by atoms with Crippen LogP contribution in [0.25, 0.3) is 0 Å². The van der Waals surface area contributed by atoms with Gasteiger partial charge in [-0.1, -0.05) is 0 Å². The van der Waals surface area contributed by atoms with Crippen molar-refractivity contribution >= 4 is 5.82 Å². The molecule has 0 amide bonds. The SMILES string of the molecule is CNC1CCC(N(C)c2ncnc(C)c2F)CC1. The van der Waals surface area contributed by atoms with Crippen molar-refractivity contribution in [3.8, 4) is 0 Å². The molecule has 0 atom stereocenters. The molecule has 1 aromatic heterocycles. The summed E-state index contributed by atoms with van der Waals surface area (Å²) < 4.78 is 14.0. The molecule has 1 saturated carbocycles. The smallest absolute Gasteiger partial charge is 0.186 e. The zero-order chi connectivity index (χ0) is 13.1. The molecule has 0 spiro atoms. The number of hydrogen-bond donors (Lipinski definition) is 1. The lowest BCUT2D eigenvalue weighted by molar-refractivity contribution is 0.349. The highest BCUT2D eigenvalue weighted by atomic mass is 19.1. The van der Waals surface area contributed by atoms with Crippen LogP contribution in [0.2, 0.25) is 0 Å². The Bertz CT molecular complexity index is 402. The highest BCUT2D eigenvalue weighted by Crippen LogP contribution is 2.26. The fourth-order valence-corrected chi connectivity index (χ4v) is 2.62. The molecule has 0 aromatic carbocycles. The molecule has 0 radical (unpaired) electrons. The third-order valence-electron chi connectivity index (χ3n) is 3.93. The van der Waals surface area contributed by atoms with Crippen molar-refractivity contribution in [3.63, 3.8) is 0 Å². The average molecular weight is 252 g/mol. The van der Waals surface area contributed by atoms with E-state index in [0.717, 1.165) is 25.7 Å². The number of anilines is 1. The Morgan fingerprint density at radius 1 is 1.28 bits per heavy atom. The van der Waals surface area contributed by atoms with E-state index in [2.05, 4.69) is 15.3 Å². The molecule has 0 bridgehead atoms. The number of rotatable bonds is 3. The van der Waals surface area contributed by atoms with Crippen LogP contribution >= 0.6 is 0 Å². The summed E-state index contributed by atoms with van der Waals surface area (Å²) in [6.07, 6.45) is 5.85. The van der Waals surface area contributed by atoms with E-state index >= 15 is 0 Å². The second-order valence-corrected chi connectivity index (χ2v) is 5.00. The summed E-state index contributed by atoms with van der Waals surface area (Å²) in [5.41, 5.74) is 0.413. The molecule has 1 N–H and O–H groups in total. The highest BCUT2D eigenvalue weighted by molar-refractivity contribution is 5.41. The maximum absolute atomic E-state index is 14.0. The van der Waals surface area contributed by atoms with Gasteiger partial charge >= 0.3 is 0 Å². The van der Waals surface area contributed by atoms with Gasteiger partial charge in [0.05, 0.1) is 5.69 Å². The van der Waals surface area contributed by atoms with Gasteiger partial charge in [0.1, 0.15) is 6.33 Å². The van der Waals surface area contributed by atoms with E-state index in [4.69, 9.17) is 0 Å². The van der Waals surface area contributed by atoms with Crippen molar-refractivity contribution in [1.82, 2.24) is 15.3 Å². The number of aromatic nitrogens is 2. The van der Waals surface area contributed by atoms with Crippen molar-refractivity contribution in [2.24, 2.45) is 0 Å². The third kappa shape index (κ3) is 2.61. The number of nitrogens with one attached hydrogen (secondary N) is 1. The van der Waals surface area contributed by atoms with Gasteiger partial charge in [0, 0.05) is 19.1 Å². The normalized spacial score (nSPS) is 24.0. The van der Waals surface area contributed by atoms with Crippen LogP contribution < -0.4 is 10.2 Å². The van der Waals surface area contributed by atoms with Crippen LogP contribution in [0.5, 0.6) is 0 Å². The van der Waals surface area contributed by atoms with Gasteiger partial charge in [0.25, 0.3) is 0 Å². The number of hydrogen-bond acceptors (Lipinski definition) is 4. The minimum atomic E-state index is -0.296. The van der Waals surface area contributed by atoms with Crippen molar-refractivity contribution in [2.75, 3.05) is 19.0 Å². The lowest BCUT2D eigenvalue weighted by atomic mass is 9.90. The van der Waals surface area contributed by atoms with Crippen molar-refractivity contribution in [1.29, 1.82) is 0 Å².